The molecule has 1 heterocycles. The van der Waals surface area contributed by atoms with Gasteiger partial charge in [-0.25, -0.2) is 0 Å². The number of nitriles is 1. The van der Waals surface area contributed by atoms with Crippen molar-refractivity contribution < 1.29 is 4.74 Å². The van der Waals surface area contributed by atoms with Gasteiger partial charge in [0.2, 0.25) is 0 Å². The van der Waals surface area contributed by atoms with Crippen molar-refractivity contribution in [1.29, 1.82) is 5.26 Å². The van der Waals surface area contributed by atoms with Crippen molar-refractivity contribution in [3.05, 3.63) is 29.8 Å². The number of likely N-dealkylation sites (tertiary alicyclic amines) is 1. The third-order valence-electron chi connectivity index (χ3n) is 3.48. The van der Waals surface area contributed by atoms with Crippen LogP contribution in [0.3, 0.4) is 0 Å². The molecule has 102 valence electrons. The molecule has 0 radical (unpaired) electrons. The number of hydrogen-bond donors (Lipinski definition) is 2. The van der Waals surface area contributed by atoms with Gasteiger partial charge in [-0.2, -0.15) is 5.26 Å². The first-order chi connectivity index (χ1) is 9.31. The minimum absolute atomic E-state index is 0.454. The summed E-state index contributed by atoms with van der Waals surface area (Å²) in [6.45, 7) is 3.72. The topological polar surface area (TPSA) is 74.3 Å². The summed E-state index contributed by atoms with van der Waals surface area (Å²) in [7, 11) is 0. The van der Waals surface area contributed by atoms with E-state index in [0.29, 0.717) is 18.2 Å². The number of hydrazine groups is 1. The van der Waals surface area contributed by atoms with Crippen LogP contribution in [-0.4, -0.2) is 37.2 Å². The highest BCUT2D eigenvalue weighted by atomic mass is 16.5. The Morgan fingerprint density at radius 1 is 1.32 bits per heavy atom. The number of hydrogen-bond acceptors (Lipinski definition) is 5. The number of nitrogens with two attached hydrogens (primary N) is 1. The van der Waals surface area contributed by atoms with Gasteiger partial charge in [-0.05, 0) is 50.2 Å². The molecule has 1 aromatic rings. The summed E-state index contributed by atoms with van der Waals surface area (Å²) in [6.07, 6.45) is 2.18. The quantitative estimate of drug-likeness (QED) is 0.607. The predicted molar refractivity (Wildman–Crippen MR) is 73.4 cm³/mol. The fourth-order valence-electron chi connectivity index (χ4n) is 2.24. The van der Waals surface area contributed by atoms with Crippen molar-refractivity contribution in [3.8, 4) is 11.8 Å². The minimum atomic E-state index is 0.454. The third-order valence-corrected chi connectivity index (χ3v) is 3.48. The molecule has 1 saturated heterocycles. The molecule has 0 bridgehead atoms. The molecule has 3 N–H and O–H groups in total. The van der Waals surface area contributed by atoms with Crippen LogP contribution in [0.25, 0.3) is 0 Å². The molecule has 1 aromatic carbocycles. The number of piperidine rings is 1. The molecule has 5 nitrogen and oxygen atoms in total. The maximum atomic E-state index is 8.70. The van der Waals surface area contributed by atoms with Crippen LogP contribution >= 0.6 is 0 Å². The Kier molecular flexibility index (Phi) is 5.16. The lowest BCUT2D eigenvalue weighted by Crippen LogP contribution is -2.45. The molecular weight excluding hydrogens is 240 g/mol. The van der Waals surface area contributed by atoms with Gasteiger partial charge in [0.15, 0.2) is 0 Å². The number of ether oxygens (including phenoxy) is 1. The van der Waals surface area contributed by atoms with Crippen molar-refractivity contribution in [2.45, 2.75) is 18.9 Å². The van der Waals surface area contributed by atoms with E-state index in [1.165, 1.54) is 0 Å². The Labute approximate surface area is 113 Å². The van der Waals surface area contributed by atoms with Crippen molar-refractivity contribution in [2.24, 2.45) is 5.84 Å². The second kappa shape index (κ2) is 7.10. The first-order valence-electron chi connectivity index (χ1n) is 6.63. The lowest BCUT2D eigenvalue weighted by atomic mass is 10.1. The van der Waals surface area contributed by atoms with Gasteiger partial charge in [-0.1, -0.05) is 0 Å². The highest BCUT2D eigenvalue weighted by Gasteiger charge is 2.17. The molecule has 1 fully saturated rings. The Hall–Kier alpha value is -1.61. The van der Waals surface area contributed by atoms with E-state index >= 15 is 0 Å². The van der Waals surface area contributed by atoms with Gasteiger partial charge < -0.3 is 4.74 Å². The largest absolute Gasteiger partial charge is 0.492 e. The fraction of sp³-hybridized carbons (Fsp3) is 0.500. The van der Waals surface area contributed by atoms with Gasteiger partial charge in [0.25, 0.3) is 0 Å². The molecule has 19 heavy (non-hydrogen) atoms. The van der Waals surface area contributed by atoms with Crippen LogP contribution in [0.15, 0.2) is 24.3 Å². The number of nitrogens with one attached hydrogen (secondary N) is 1. The Balaban J connectivity index is 1.68. The van der Waals surface area contributed by atoms with E-state index in [1.807, 2.05) is 12.1 Å². The highest BCUT2D eigenvalue weighted by molar-refractivity contribution is 5.34. The van der Waals surface area contributed by atoms with Gasteiger partial charge in [0, 0.05) is 12.6 Å². The summed E-state index contributed by atoms with van der Waals surface area (Å²) in [5.41, 5.74) is 3.49. The van der Waals surface area contributed by atoms with E-state index in [0.717, 1.165) is 38.2 Å². The summed E-state index contributed by atoms with van der Waals surface area (Å²) in [5, 5.41) is 8.70. The zero-order valence-electron chi connectivity index (χ0n) is 11.0. The van der Waals surface area contributed by atoms with Crippen molar-refractivity contribution in [1.82, 2.24) is 10.3 Å². The molecular formula is C14H20N4O. The second-order valence-corrected chi connectivity index (χ2v) is 4.77. The third kappa shape index (κ3) is 4.21. The van der Waals surface area contributed by atoms with Crippen LogP contribution < -0.4 is 16.0 Å². The Bertz CT molecular complexity index is 418. The smallest absolute Gasteiger partial charge is 0.119 e. The van der Waals surface area contributed by atoms with E-state index < -0.39 is 0 Å². The second-order valence-electron chi connectivity index (χ2n) is 4.77. The van der Waals surface area contributed by atoms with Gasteiger partial charge in [-0.15, -0.1) is 0 Å². The summed E-state index contributed by atoms with van der Waals surface area (Å²) in [6, 6.07) is 9.76. The number of nitrogens with zero attached hydrogens (tertiary/aromatic N) is 2. The van der Waals surface area contributed by atoms with Gasteiger partial charge in [0.05, 0.1) is 11.6 Å². The first kappa shape index (κ1) is 13.8. The van der Waals surface area contributed by atoms with Gasteiger partial charge >= 0.3 is 0 Å². The SMILES string of the molecule is N#Cc1ccc(OCCN2CCC(NN)CC2)cc1. The van der Waals surface area contributed by atoms with Gasteiger partial charge in [0.1, 0.15) is 12.4 Å². The van der Waals surface area contributed by atoms with Crippen molar-refractivity contribution >= 4 is 0 Å². The van der Waals surface area contributed by atoms with Crippen LogP contribution in [0.5, 0.6) is 5.75 Å². The summed E-state index contributed by atoms with van der Waals surface area (Å²) in [4.78, 5) is 2.39. The molecule has 2 rings (SSSR count). The van der Waals surface area contributed by atoms with Crippen LogP contribution in [0.4, 0.5) is 0 Å². The zero-order valence-corrected chi connectivity index (χ0v) is 11.0. The van der Waals surface area contributed by atoms with E-state index in [1.54, 1.807) is 12.1 Å². The normalized spacial score (nSPS) is 17.1. The molecule has 0 amide bonds. The van der Waals surface area contributed by atoms with Crippen LogP contribution in [0.2, 0.25) is 0 Å². The minimum Gasteiger partial charge on any atom is -0.492 e. The molecule has 1 aliphatic rings. The van der Waals surface area contributed by atoms with E-state index in [4.69, 9.17) is 15.8 Å². The number of rotatable bonds is 5. The molecule has 0 aromatic heterocycles. The lowest BCUT2D eigenvalue weighted by Gasteiger charge is -2.31. The molecule has 0 aliphatic carbocycles. The lowest BCUT2D eigenvalue weighted by molar-refractivity contribution is 0.165. The summed E-state index contributed by atoms with van der Waals surface area (Å²) >= 11 is 0. The van der Waals surface area contributed by atoms with Gasteiger partial charge in [-0.3, -0.25) is 16.2 Å². The van der Waals surface area contributed by atoms with Crippen LogP contribution in [-0.2, 0) is 0 Å². The Morgan fingerprint density at radius 2 is 2.00 bits per heavy atom. The van der Waals surface area contributed by atoms with Crippen LogP contribution in [0.1, 0.15) is 18.4 Å². The van der Waals surface area contributed by atoms with E-state index in [2.05, 4.69) is 16.4 Å². The van der Waals surface area contributed by atoms with E-state index in [9.17, 15) is 0 Å². The highest BCUT2D eigenvalue weighted by Crippen LogP contribution is 2.12. The summed E-state index contributed by atoms with van der Waals surface area (Å²) in [5.74, 6) is 6.25. The zero-order chi connectivity index (χ0) is 13.5. The monoisotopic (exact) mass is 260 g/mol. The average molecular weight is 260 g/mol. The molecule has 5 heteroatoms. The molecule has 0 spiro atoms. The molecule has 0 unspecified atom stereocenters. The summed E-state index contributed by atoms with van der Waals surface area (Å²) < 4.78 is 5.67. The van der Waals surface area contributed by atoms with Crippen molar-refractivity contribution in [3.63, 3.8) is 0 Å². The molecule has 1 aliphatic heterocycles. The fourth-order valence-corrected chi connectivity index (χ4v) is 2.24. The van der Waals surface area contributed by atoms with Crippen LogP contribution in [0, 0.1) is 11.3 Å². The molecule has 0 saturated carbocycles. The first-order valence-corrected chi connectivity index (χ1v) is 6.63. The van der Waals surface area contributed by atoms with Crippen molar-refractivity contribution in [2.75, 3.05) is 26.2 Å². The predicted octanol–water partition coefficient (Wildman–Crippen LogP) is 0.865. The maximum Gasteiger partial charge on any atom is 0.119 e. The Morgan fingerprint density at radius 3 is 2.58 bits per heavy atom. The number of benzene rings is 1. The average Bonchev–Trinajstić information content (AvgIpc) is 2.49. The maximum absolute atomic E-state index is 8.70. The molecule has 0 atom stereocenters. The van der Waals surface area contributed by atoms with E-state index in [-0.39, 0.29) is 0 Å². The standard InChI is InChI=1S/C14H20N4O/c15-11-12-1-3-14(4-2-12)19-10-9-18-7-5-13(17-16)6-8-18/h1-4,13,17H,5-10,16H2.